The maximum Gasteiger partial charge on any atom is 0.468 e. The van der Waals surface area contributed by atoms with Crippen LogP contribution in [0.1, 0.15) is 23.7 Å². The Labute approximate surface area is 201 Å². The number of benzene rings is 2. The van der Waals surface area contributed by atoms with E-state index in [0.29, 0.717) is 18.4 Å². The molecule has 6 N–H and O–H groups in total. The number of H-pyrrole nitrogens is 1. The molecule has 3 rings (SSSR count). The number of pyridine rings is 1. The molecule has 0 atom stereocenters. The van der Waals surface area contributed by atoms with Crippen molar-refractivity contribution in [2.75, 3.05) is 18.9 Å². The first kappa shape index (κ1) is 26.2. The molecule has 0 aliphatic rings. The average molecular weight is 507 g/mol. The number of aromatic nitrogens is 1. The van der Waals surface area contributed by atoms with Gasteiger partial charge in [0.25, 0.3) is 17.4 Å². The third-order valence-corrected chi connectivity index (χ3v) is 4.93. The number of nitrogens with two attached hydrogens (primary N) is 1. The Morgan fingerprint density at radius 3 is 2.56 bits per heavy atom. The number of halogens is 4. The summed E-state index contributed by atoms with van der Waals surface area (Å²) in [6.45, 7) is 1.42. The monoisotopic (exact) mass is 507 g/mol. The van der Waals surface area contributed by atoms with Crippen molar-refractivity contribution < 1.29 is 31.8 Å². The van der Waals surface area contributed by atoms with Gasteiger partial charge in [-0.2, -0.15) is 13.2 Å². The molecule has 190 valence electrons. The van der Waals surface area contributed by atoms with Crippen LogP contribution in [0.25, 0.3) is 22.0 Å². The average Bonchev–Trinajstić information content (AvgIpc) is 2.81. The standard InChI is InChI=1S/C23H21F4N5O4/c1-2-8-31-20(33)17-18(29)13-5-3-4-12(19(13)32-21(17)34)14-9-11(6-7-15(14)24)35-10-16(28)36-22(30)23(25,26)27/h3-7,9,28,30H,2,8,10H2,1H3,(H,31,33)(H3,29,32,34). The molecule has 3 aromatic rings. The fourth-order valence-electron chi connectivity index (χ4n) is 3.28. The van der Waals surface area contributed by atoms with Crippen molar-refractivity contribution in [1.29, 1.82) is 10.8 Å². The van der Waals surface area contributed by atoms with Crippen molar-refractivity contribution in [2.45, 2.75) is 19.5 Å². The number of aromatic amines is 1. The van der Waals surface area contributed by atoms with E-state index in [2.05, 4.69) is 15.0 Å². The minimum atomic E-state index is -5.06. The molecule has 0 saturated heterocycles. The summed E-state index contributed by atoms with van der Waals surface area (Å²) >= 11 is 0. The first-order valence-corrected chi connectivity index (χ1v) is 10.5. The maximum atomic E-state index is 14.8. The molecule has 0 fully saturated rings. The number of carbonyl (C=O) groups is 1. The van der Waals surface area contributed by atoms with Crippen molar-refractivity contribution in [3.63, 3.8) is 0 Å². The maximum absolute atomic E-state index is 14.8. The van der Waals surface area contributed by atoms with Crippen LogP contribution in [0.15, 0.2) is 41.2 Å². The molecule has 13 heteroatoms. The molecule has 0 saturated carbocycles. The molecular formula is C23H21F4N5O4. The Kier molecular flexibility index (Phi) is 7.61. The highest BCUT2D eigenvalue weighted by atomic mass is 19.4. The van der Waals surface area contributed by atoms with E-state index in [9.17, 15) is 27.2 Å². The zero-order chi connectivity index (χ0) is 26.6. The van der Waals surface area contributed by atoms with E-state index in [-0.39, 0.29) is 33.6 Å². The number of amides is 1. The van der Waals surface area contributed by atoms with Crippen LogP contribution in [-0.2, 0) is 4.74 Å². The molecule has 2 aromatic carbocycles. The Morgan fingerprint density at radius 2 is 1.89 bits per heavy atom. The van der Waals surface area contributed by atoms with Gasteiger partial charge in [0.15, 0.2) is 6.61 Å². The zero-order valence-corrected chi connectivity index (χ0v) is 18.8. The lowest BCUT2D eigenvalue weighted by Crippen LogP contribution is -2.31. The van der Waals surface area contributed by atoms with Gasteiger partial charge in [-0.25, -0.2) is 4.39 Å². The van der Waals surface area contributed by atoms with Crippen molar-refractivity contribution in [3.05, 3.63) is 58.1 Å². The Balaban J connectivity index is 1.95. The Hall–Kier alpha value is -4.42. The van der Waals surface area contributed by atoms with Crippen molar-refractivity contribution in [3.8, 4) is 16.9 Å². The number of carbonyl (C=O) groups excluding carboxylic acids is 1. The predicted octanol–water partition coefficient (Wildman–Crippen LogP) is 3.97. The minimum absolute atomic E-state index is 0.0267. The van der Waals surface area contributed by atoms with E-state index in [4.69, 9.17) is 21.3 Å². The highest BCUT2D eigenvalue weighted by Gasteiger charge is 2.37. The normalized spacial score (nSPS) is 11.2. The summed E-state index contributed by atoms with van der Waals surface area (Å²) in [7, 11) is 0. The number of rotatable bonds is 7. The summed E-state index contributed by atoms with van der Waals surface area (Å²) in [6.07, 6.45) is -4.41. The van der Waals surface area contributed by atoms with Crippen molar-refractivity contribution in [1.82, 2.24) is 10.3 Å². The van der Waals surface area contributed by atoms with E-state index in [1.165, 1.54) is 18.2 Å². The van der Waals surface area contributed by atoms with E-state index in [1.807, 2.05) is 6.92 Å². The number of anilines is 1. The molecule has 0 aliphatic heterocycles. The SMILES string of the molecule is CCCNC(=O)c1c(N)c2cccc(-c3cc(OCC(=N)OC(=N)C(F)(F)F)ccc3F)c2[nH]c1=O. The molecule has 0 radical (unpaired) electrons. The molecule has 0 spiro atoms. The van der Waals surface area contributed by atoms with Crippen LogP contribution in [-0.4, -0.2) is 42.0 Å². The highest BCUT2D eigenvalue weighted by Crippen LogP contribution is 2.34. The lowest BCUT2D eigenvalue weighted by molar-refractivity contribution is -0.0731. The number of nitrogen functional groups attached to an aromatic ring is 1. The third-order valence-electron chi connectivity index (χ3n) is 4.93. The van der Waals surface area contributed by atoms with Crippen LogP contribution in [0.3, 0.4) is 0 Å². The van der Waals surface area contributed by atoms with Gasteiger partial charge in [-0.05, 0) is 24.6 Å². The second-order valence-corrected chi connectivity index (χ2v) is 7.51. The lowest BCUT2D eigenvalue weighted by Gasteiger charge is -2.14. The van der Waals surface area contributed by atoms with E-state index in [0.717, 1.165) is 6.07 Å². The fourth-order valence-corrected chi connectivity index (χ4v) is 3.28. The van der Waals surface area contributed by atoms with Gasteiger partial charge in [0, 0.05) is 23.1 Å². The molecule has 0 bridgehead atoms. The number of ether oxygens (including phenoxy) is 2. The lowest BCUT2D eigenvalue weighted by atomic mass is 9.99. The van der Waals surface area contributed by atoms with Crippen molar-refractivity contribution >= 4 is 34.3 Å². The van der Waals surface area contributed by atoms with E-state index in [1.54, 1.807) is 12.1 Å². The number of nitrogens with one attached hydrogen (secondary N) is 4. The summed E-state index contributed by atoms with van der Waals surface area (Å²) in [5.74, 6) is -4.45. The van der Waals surface area contributed by atoms with Gasteiger partial charge in [0.2, 0.25) is 5.90 Å². The Bertz CT molecular complexity index is 1400. The number of fused-ring (bicyclic) bond motifs is 1. The summed E-state index contributed by atoms with van der Waals surface area (Å²) in [4.78, 5) is 27.6. The Morgan fingerprint density at radius 1 is 1.17 bits per heavy atom. The second kappa shape index (κ2) is 10.5. The number of hydrogen-bond acceptors (Lipinski definition) is 7. The van der Waals surface area contributed by atoms with Gasteiger partial charge in [-0.1, -0.05) is 25.1 Å². The van der Waals surface area contributed by atoms with Crippen molar-refractivity contribution in [2.24, 2.45) is 0 Å². The van der Waals surface area contributed by atoms with Crippen LogP contribution in [0.5, 0.6) is 5.75 Å². The third kappa shape index (κ3) is 5.62. The molecule has 0 unspecified atom stereocenters. The quantitative estimate of drug-likeness (QED) is 0.186. The van der Waals surface area contributed by atoms with Gasteiger partial charge < -0.3 is 25.5 Å². The van der Waals surface area contributed by atoms with E-state index < -0.39 is 41.9 Å². The first-order valence-electron chi connectivity index (χ1n) is 10.5. The van der Waals surface area contributed by atoms with Crippen LogP contribution >= 0.6 is 0 Å². The molecule has 1 amide bonds. The summed E-state index contributed by atoms with van der Waals surface area (Å²) < 4.78 is 61.2. The smallest absolute Gasteiger partial charge is 0.468 e. The summed E-state index contributed by atoms with van der Waals surface area (Å²) in [6, 6.07) is 8.00. The summed E-state index contributed by atoms with van der Waals surface area (Å²) in [5, 5.41) is 17.0. The van der Waals surface area contributed by atoms with Crippen LogP contribution in [0.2, 0.25) is 0 Å². The first-order chi connectivity index (χ1) is 16.9. The highest BCUT2D eigenvalue weighted by molar-refractivity contribution is 6.09. The largest absolute Gasteiger partial charge is 0.484 e. The van der Waals surface area contributed by atoms with Gasteiger partial charge >= 0.3 is 6.18 Å². The van der Waals surface area contributed by atoms with Gasteiger partial charge in [-0.15, -0.1) is 0 Å². The van der Waals surface area contributed by atoms with Crippen LogP contribution in [0, 0.1) is 16.6 Å². The van der Waals surface area contributed by atoms with Gasteiger partial charge in [-0.3, -0.25) is 20.4 Å². The zero-order valence-electron chi connectivity index (χ0n) is 18.8. The molecule has 0 aliphatic carbocycles. The van der Waals surface area contributed by atoms with Gasteiger partial charge in [0.1, 0.15) is 17.1 Å². The fraction of sp³-hybridized carbons (Fsp3) is 0.217. The number of para-hydroxylation sites is 1. The number of alkyl halides is 3. The predicted molar refractivity (Wildman–Crippen MR) is 125 cm³/mol. The molecule has 1 aromatic heterocycles. The molecule has 9 nitrogen and oxygen atoms in total. The topological polar surface area (TPSA) is 154 Å². The molecular weight excluding hydrogens is 486 g/mol. The van der Waals surface area contributed by atoms with Crippen LogP contribution in [0.4, 0.5) is 23.2 Å². The van der Waals surface area contributed by atoms with Crippen LogP contribution < -0.4 is 21.3 Å². The summed E-state index contributed by atoms with van der Waals surface area (Å²) in [5.41, 5.74) is 5.30. The minimum Gasteiger partial charge on any atom is -0.484 e. The second-order valence-electron chi connectivity index (χ2n) is 7.51. The van der Waals surface area contributed by atoms with E-state index >= 15 is 0 Å². The molecule has 1 heterocycles. The van der Waals surface area contributed by atoms with Gasteiger partial charge in [0.05, 0.1) is 11.2 Å². The number of hydrogen-bond donors (Lipinski definition) is 5. The molecule has 36 heavy (non-hydrogen) atoms.